The molecule has 0 aliphatic carbocycles. The molecule has 148 valence electrons. The molecule has 2 aromatic heterocycles. The van der Waals surface area contributed by atoms with Gasteiger partial charge in [-0.15, -0.1) is 10.2 Å². The van der Waals surface area contributed by atoms with Crippen LogP contribution in [0.5, 0.6) is 0 Å². The van der Waals surface area contributed by atoms with Crippen molar-refractivity contribution in [3.8, 4) is 0 Å². The molecule has 1 amide bonds. The molecule has 0 spiro atoms. The van der Waals surface area contributed by atoms with Crippen LogP contribution >= 0.6 is 23.1 Å². The molecule has 0 fully saturated rings. The fourth-order valence-corrected chi connectivity index (χ4v) is 4.36. The van der Waals surface area contributed by atoms with Gasteiger partial charge in [0.05, 0.1) is 17.5 Å². The average Bonchev–Trinajstić information content (AvgIpc) is 3.36. The van der Waals surface area contributed by atoms with Crippen molar-refractivity contribution in [1.29, 1.82) is 0 Å². The van der Waals surface area contributed by atoms with Crippen LogP contribution in [-0.2, 0) is 11.3 Å². The molecule has 0 bridgehead atoms. The Hall–Kier alpha value is -2.39. The van der Waals surface area contributed by atoms with Gasteiger partial charge >= 0.3 is 0 Å². The normalized spacial score (nSPS) is 13.1. The Balaban J connectivity index is 1.53. The third-order valence-electron chi connectivity index (χ3n) is 4.27. The van der Waals surface area contributed by atoms with Crippen LogP contribution in [0, 0.1) is 0 Å². The van der Waals surface area contributed by atoms with Gasteiger partial charge in [0.1, 0.15) is 5.82 Å². The first-order valence-electron chi connectivity index (χ1n) is 9.19. The number of nitrogens with one attached hydrogen (secondary N) is 2. The number of aromatic nitrogens is 4. The number of carbonyl (C=O) groups excluding carboxylic acids is 1. The van der Waals surface area contributed by atoms with Crippen LogP contribution in [0.2, 0.25) is 0 Å². The summed E-state index contributed by atoms with van der Waals surface area (Å²) in [7, 11) is 0. The van der Waals surface area contributed by atoms with Crippen LogP contribution in [0.4, 0.5) is 10.9 Å². The van der Waals surface area contributed by atoms with E-state index in [-0.39, 0.29) is 17.2 Å². The molecule has 28 heavy (non-hydrogen) atoms. The Morgan fingerprint density at radius 3 is 2.75 bits per heavy atom. The molecule has 1 aromatic carbocycles. The van der Waals surface area contributed by atoms with E-state index in [4.69, 9.17) is 0 Å². The summed E-state index contributed by atoms with van der Waals surface area (Å²) < 4.78 is 2.60. The smallest absolute Gasteiger partial charge is 0.238 e. The standard InChI is InChI=1S/C19H24N6OS2/c1-4-13(2)25-16(10-11-21-25)22-17(26)14(3)27-19-24-23-18(28-19)20-12-15-8-6-5-7-9-15/h5-11,13-14H,4,12H2,1-3H3,(H,20,23)(H,22,26)/t13-,14-/m1/s1. The van der Waals surface area contributed by atoms with Gasteiger partial charge in [-0.2, -0.15) is 5.10 Å². The molecular formula is C19H24N6OS2. The van der Waals surface area contributed by atoms with E-state index in [2.05, 4.69) is 51.9 Å². The minimum Gasteiger partial charge on any atom is -0.356 e. The quantitative estimate of drug-likeness (QED) is 0.502. The second kappa shape index (κ2) is 9.70. The third kappa shape index (κ3) is 5.32. The van der Waals surface area contributed by atoms with Crippen molar-refractivity contribution in [3.63, 3.8) is 0 Å². The van der Waals surface area contributed by atoms with E-state index in [0.29, 0.717) is 12.4 Å². The lowest BCUT2D eigenvalue weighted by molar-refractivity contribution is -0.115. The van der Waals surface area contributed by atoms with Crippen LogP contribution in [0.3, 0.4) is 0 Å². The summed E-state index contributed by atoms with van der Waals surface area (Å²) in [4.78, 5) is 12.6. The van der Waals surface area contributed by atoms with Gasteiger partial charge in [0.15, 0.2) is 4.34 Å². The minimum absolute atomic E-state index is 0.0796. The Kier molecular flexibility index (Phi) is 7.05. The number of amides is 1. The number of benzene rings is 1. The molecule has 0 aliphatic heterocycles. The molecule has 0 saturated carbocycles. The van der Waals surface area contributed by atoms with E-state index >= 15 is 0 Å². The highest BCUT2D eigenvalue weighted by atomic mass is 32.2. The molecule has 2 atom stereocenters. The summed E-state index contributed by atoms with van der Waals surface area (Å²) in [5.74, 6) is 0.637. The van der Waals surface area contributed by atoms with Gasteiger partial charge < -0.3 is 10.6 Å². The van der Waals surface area contributed by atoms with Gasteiger partial charge in [-0.3, -0.25) is 4.79 Å². The number of nitrogens with zero attached hydrogens (tertiary/aromatic N) is 4. The van der Waals surface area contributed by atoms with Crippen molar-refractivity contribution in [2.75, 3.05) is 10.6 Å². The summed E-state index contributed by atoms with van der Waals surface area (Å²) in [6.07, 6.45) is 2.65. The van der Waals surface area contributed by atoms with Gasteiger partial charge in [-0.1, -0.05) is 60.4 Å². The summed E-state index contributed by atoms with van der Waals surface area (Å²) in [5.41, 5.74) is 1.18. The first-order valence-corrected chi connectivity index (χ1v) is 10.9. The molecule has 2 N–H and O–H groups in total. The van der Waals surface area contributed by atoms with Gasteiger partial charge in [0.25, 0.3) is 0 Å². The maximum Gasteiger partial charge on any atom is 0.238 e. The number of carbonyl (C=O) groups is 1. The van der Waals surface area contributed by atoms with Crippen LogP contribution in [0.1, 0.15) is 38.8 Å². The first kappa shape index (κ1) is 20.3. The topological polar surface area (TPSA) is 84.7 Å². The van der Waals surface area contributed by atoms with Gasteiger partial charge in [-0.25, -0.2) is 4.68 Å². The maximum atomic E-state index is 12.6. The summed E-state index contributed by atoms with van der Waals surface area (Å²) in [6.45, 7) is 6.72. The van der Waals surface area contributed by atoms with E-state index in [1.807, 2.05) is 35.9 Å². The molecule has 3 aromatic rings. The SMILES string of the molecule is CC[C@@H](C)n1nccc1NC(=O)[C@@H](C)Sc1nnc(NCc2ccccc2)s1. The highest BCUT2D eigenvalue weighted by Crippen LogP contribution is 2.30. The zero-order valence-corrected chi connectivity index (χ0v) is 17.8. The molecule has 7 nitrogen and oxygen atoms in total. The molecule has 9 heteroatoms. The Morgan fingerprint density at radius 2 is 2.00 bits per heavy atom. The fraction of sp³-hybridized carbons (Fsp3) is 0.368. The summed E-state index contributed by atoms with van der Waals surface area (Å²) in [5, 5.41) is 19.3. The molecule has 0 radical (unpaired) electrons. The van der Waals surface area contributed by atoms with Crippen molar-refractivity contribution < 1.29 is 4.79 Å². The molecular weight excluding hydrogens is 392 g/mol. The molecule has 0 unspecified atom stereocenters. The number of hydrogen-bond donors (Lipinski definition) is 2. The fourth-order valence-electron chi connectivity index (χ4n) is 2.47. The number of hydrogen-bond acceptors (Lipinski definition) is 7. The highest BCUT2D eigenvalue weighted by molar-refractivity contribution is 8.02. The van der Waals surface area contributed by atoms with Crippen LogP contribution in [0.25, 0.3) is 0 Å². The number of rotatable bonds is 9. The first-order chi connectivity index (χ1) is 13.6. The largest absolute Gasteiger partial charge is 0.356 e. The van der Waals surface area contributed by atoms with Crippen molar-refractivity contribution in [3.05, 3.63) is 48.2 Å². The van der Waals surface area contributed by atoms with Crippen LogP contribution in [-0.4, -0.2) is 31.1 Å². The average molecular weight is 417 g/mol. The lowest BCUT2D eigenvalue weighted by Gasteiger charge is -2.15. The number of thioether (sulfide) groups is 1. The number of anilines is 2. The zero-order valence-electron chi connectivity index (χ0n) is 16.1. The molecule has 2 heterocycles. The second-order valence-electron chi connectivity index (χ2n) is 6.38. The van der Waals surface area contributed by atoms with Gasteiger partial charge in [0.2, 0.25) is 11.0 Å². The van der Waals surface area contributed by atoms with Crippen molar-refractivity contribution in [2.24, 2.45) is 0 Å². The lowest BCUT2D eigenvalue weighted by Crippen LogP contribution is -2.24. The van der Waals surface area contributed by atoms with E-state index in [1.54, 1.807) is 6.20 Å². The summed E-state index contributed by atoms with van der Waals surface area (Å²) in [6, 6.07) is 12.2. The Labute approximate surface area is 173 Å². The third-order valence-corrected chi connectivity index (χ3v) is 6.33. The molecule has 0 saturated heterocycles. The van der Waals surface area contributed by atoms with Gasteiger partial charge in [0, 0.05) is 12.6 Å². The highest BCUT2D eigenvalue weighted by Gasteiger charge is 2.19. The van der Waals surface area contributed by atoms with E-state index in [0.717, 1.165) is 15.9 Å². The van der Waals surface area contributed by atoms with Crippen molar-refractivity contribution in [1.82, 2.24) is 20.0 Å². The van der Waals surface area contributed by atoms with E-state index < -0.39 is 0 Å². The molecule has 0 aliphatic rings. The van der Waals surface area contributed by atoms with Gasteiger partial charge in [-0.05, 0) is 25.8 Å². The predicted molar refractivity (Wildman–Crippen MR) is 115 cm³/mol. The monoisotopic (exact) mass is 416 g/mol. The Bertz CT molecular complexity index is 895. The maximum absolute atomic E-state index is 12.6. The summed E-state index contributed by atoms with van der Waals surface area (Å²) >= 11 is 2.85. The van der Waals surface area contributed by atoms with Crippen LogP contribution < -0.4 is 10.6 Å². The minimum atomic E-state index is -0.296. The van der Waals surface area contributed by atoms with Crippen LogP contribution in [0.15, 0.2) is 46.9 Å². The van der Waals surface area contributed by atoms with E-state index in [9.17, 15) is 4.79 Å². The van der Waals surface area contributed by atoms with Crippen molar-refractivity contribution in [2.45, 2.75) is 49.4 Å². The molecule has 3 rings (SSSR count). The van der Waals surface area contributed by atoms with E-state index in [1.165, 1.54) is 28.7 Å². The second-order valence-corrected chi connectivity index (χ2v) is 8.95. The lowest BCUT2D eigenvalue weighted by atomic mass is 10.2. The predicted octanol–water partition coefficient (Wildman–Crippen LogP) is 4.44. The van der Waals surface area contributed by atoms with Crippen molar-refractivity contribution >= 4 is 40.0 Å². The zero-order chi connectivity index (χ0) is 19.9. The Morgan fingerprint density at radius 1 is 1.21 bits per heavy atom.